The molecule has 3 rings (SSSR count). The van der Waals surface area contributed by atoms with Gasteiger partial charge in [-0.2, -0.15) is 0 Å². The topological polar surface area (TPSA) is 49.0 Å². The number of rotatable bonds is 1. The summed E-state index contributed by atoms with van der Waals surface area (Å²) in [7, 11) is 0. The van der Waals surface area contributed by atoms with Crippen molar-refractivity contribution in [3.05, 3.63) is 28.5 Å². The first-order chi connectivity index (χ1) is 7.74. The first kappa shape index (κ1) is 9.84. The van der Waals surface area contributed by atoms with Gasteiger partial charge in [-0.25, -0.2) is 4.98 Å². The van der Waals surface area contributed by atoms with E-state index in [0.717, 1.165) is 35.0 Å². The molecule has 0 saturated carbocycles. The number of fused-ring (bicyclic) bond motifs is 1. The number of halogens is 1. The molecule has 1 N–H and O–H groups in total. The van der Waals surface area contributed by atoms with Crippen LogP contribution in [-0.2, 0) is 0 Å². The van der Waals surface area contributed by atoms with Gasteiger partial charge in [0.1, 0.15) is 0 Å². The van der Waals surface area contributed by atoms with Gasteiger partial charge in [0.2, 0.25) is 0 Å². The van der Waals surface area contributed by atoms with E-state index in [2.05, 4.69) is 25.9 Å². The van der Waals surface area contributed by atoms with E-state index in [-0.39, 0.29) is 5.91 Å². The van der Waals surface area contributed by atoms with Crippen molar-refractivity contribution in [2.75, 3.05) is 13.1 Å². The van der Waals surface area contributed by atoms with Crippen LogP contribution in [0.25, 0.3) is 11.0 Å². The van der Waals surface area contributed by atoms with Gasteiger partial charge in [-0.15, -0.1) is 0 Å². The third kappa shape index (κ3) is 1.51. The number of hydrogen-bond acceptors (Lipinski definition) is 2. The van der Waals surface area contributed by atoms with Crippen molar-refractivity contribution in [3.63, 3.8) is 0 Å². The van der Waals surface area contributed by atoms with Crippen LogP contribution in [-0.4, -0.2) is 33.9 Å². The molecule has 1 aliphatic rings. The summed E-state index contributed by atoms with van der Waals surface area (Å²) in [4.78, 5) is 21.0. The Morgan fingerprint density at radius 3 is 2.94 bits per heavy atom. The molecule has 0 atom stereocenters. The molecule has 0 unspecified atom stereocenters. The van der Waals surface area contributed by atoms with E-state index in [0.29, 0.717) is 5.82 Å². The highest BCUT2D eigenvalue weighted by Gasteiger charge is 2.23. The molecule has 1 fully saturated rings. The fourth-order valence-electron chi connectivity index (χ4n) is 1.75. The average Bonchev–Trinajstić information content (AvgIpc) is 2.57. The number of imidazole rings is 1. The van der Waals surface area contributed by atoms with Crippen LogP contribution < -0.4 is 0 Å². The Morgan fingerprint density at radius 1 is 1.44 bits per heavy atom. The van der Waals surface area contributed by atoms with Crippen molar-refractivity contribution in [2.45, 2.75) is 6.42 Å². The fraction of sp³-hybridized carbons (Fsp3) is 0.273. The molecule has 1 amide bonds. The Kier molecular flexibility index (Phi) is 2.21. The van der Waals surface area contributed by atoms with Crippen LogP contribution in [0, 0.1) is 0 Å². The smallest absolute Gasteiger partial charge is 0.289 e. The van der Waals surface area contributed by atoms with E-state index in [1.54, 1.807) is 4.90 Å². The van der Waals surface area contributed by atoms with Crippen LogP contribution >= 0.6 is 15.9 Å². The molecule has 1 saturated heterocycles. The number of carbonyl (C=O) groups excluding carboxylic acids is 1. The quantitative estimate of drug-likeness (QED) is 0.870. The maximum absolute atomic E-state index is 11.9. The van der Waals surface area contributed by atoms with E-state index in [1.807, 2.05) is 18.2 Å². The summed E-state index contributed by atoms with van der Waals surface area (Å²) in [5, 5.41) is 0. The molecular formula is C11H10BrN3O. The van der Waals surface area contributed by atoms with Gasteiger partial charge in [-0.1, -0.05) is 15.9 Å². The number of hydrogen-bond donors (Lipinski definition) is 1. The van der Waals surface area contributed by atoms with Crippen LogP contribution in [0.15, 0.2) is 22.7 Å². The monoisotopic (exact) mass is 279 g/mol. The lowest BCUT2D eigenvalue weighted by molar-refractivity contribution is 0.0640. The number of nitrogens with one attached hydrogen (secondary N) is 1. The fourth-order valence-corrected chi connectivity index (χ4v) is 2.11. The summed E-state index contributed by atoms with van der Waals surface area (Å²) >= 11 is 3.39. The summed E-state index contributed by atoms with van der Waals surface area (Å²) in [6, 6.07) is 5.74. The van der Waals surface area contributed by atoms with Crippen LogP contribution in [0.3, 0.4) is 0 Å². The molecule has 4 nitrogen and oxygen atoms in total. The number of carbonyl (C=O) groups is 1. The number of aromatic amines is 1. The highest BCUT2D eigenvalue weighted by molar-refractivity contribution is 9.10. The molecule has 1 aromatic carbocycles. The highest BCUT2D eigenvalue weighted by Crippen LogP contribution is 2.19. The highest BCUT2D eigenvalue weighted by atomic mass is 79.9. The van der Waals surface area contributed by atoms with E-state index in [4.69, 9.17) is 0 Å². The first-order valence-electron chi connectivity index (χ1n) is 5.18. The Hall–Kier alpha value is -1.36. The predicted octanol–water partition coefficient (Wildman–Crippen LogP) is 2.17. The van der Waals surface area contributed by atoms with Gasteiger partial charge < -0.3 is 9.88 Å². The van der Waals surface area contributed by atoms with Gasteiger partial charge in [0.05, 0.1) is 11.0 Å². The van der Waals surface area contributed by atoms with Crippen molar-refractivity contribution in [2.24, 2.45) is 0 Å². The maximum Gasteiger partial charge on any atom is 0.289 e. The van der Waals surface area contributed by atoms with Gasteiger partial charge in [-0.05, 0) is 24.6 Å². The van der Waals surface area contributed by atoms with Crippen molar-refractivity contribution in [1.29, 1.82) is 0 Å². The zero-order valence-corrected chi connectivity index (χ0v) is 10.1. The Balaban J connectivity index is 2.01. The summed E-state index contributed by atoms with van der Waals surface area (Å²) in [6.07, 6.45) is 1.09. The minimum absolute atomic E-state index is 0.00132. The van der Waals surface area contributed by atoms with Crippen molar-refractivity contribution in [1.82, 2.24) is 14.9 Å². The number of likely N-dealkylation sites (tertiary alicyclic amines) is 1. The molecule has 0 radical (unpaired) electrons. The summed E-state index contributed by atoms with van der Waals surface area (Å²) in [5.74, 6) is 0.436. The minimum Gasteiger partial charge on any atom is -0.336 e. The molecule has 82 valence electrons. The predicted molar refractivity (Wildman–Crippen MR) is 64.3 cm³/mol. The largest absolute Gasteiger partial charge is 0.336 e. The van der Waals surface area contributed by atoms with E-state index >= 15 is 0 Å². The van der Waals surface area contributed by atoms with Crippen molar-refractivity contribution >= 4 is 32.9 Å². The minimum atomic E-state index is -0.00132. The lowest BCUT2D eigenvalue weighted by atomic mass is 10.2. The van der Waals surface area contributed by atoms with E-state index in [9.17, 15) is 4.79 Å². The number of nitrogens with zero attached hydrogens (tertiary/aromatic N) is 2. The Bertz CT molecular complexity index is 559. The van der Waals surface area contributed by atoms with Crippen LogP contribution in [0.5, 0.6) is 0 Å². The number of amides is 1. The second-order valence-corrected chi connectivity index (χ2v) is 4.81. The average molecular weight is 280 g/mol. The van der Waals surface area contributed by atoms with Crippen molar-refractivity contribution < 1.29 is 4.79 Å². The molecule has 2 aromatic rings. The third-order valence-electron chi connectivity index (χ3n) is 2.79. The lowest BCUT2D eigenvalue weighted by Gasteiger charge is -2.29. The second kappa shape index (κ2) is 3.59. The molecule has 1 aromatic heterocycles. The second-order valence-electron chi connectivity index (χ2n) is 3.89. The molecule has 2 heterocycles. The molecular weight excluding hydrogens is 270 g/mol. The van der Waals surface area contributed by atoms with Crippen LogP contribution in [0.2, 0.25) is 0 Å². The standard InChI is InChI=1S/C11H10BrN3O/c12-7-2-3-8-9(6-7)14-10(13-8)11(16)15-4-1-5-15/h2-3,6H,1,4-5H2,(H,13,14). The maximum atomic E-state index is 11.9. The molecule has 1 aliphatic heterocycles. The van der Waals surface area contributed by atoms with Crippen LogP contribution in [0.1, 0.15) is 17.0 Å². The molecule has 0 aliphatic carbocycles. The number of benzene rings is 1. The molecule has 0 spiro atoms. The summed E-state index contributed by atoms with van der Waals surface area (Å²) in [6.45, 7) is 1.69. The first-order valence-corrected chi connectivity index (χ1v) is 5.98. The zero-order chi connectivity index (χ0) is 11.1. The van der Waals surface area contributed by atoms with Crippen molar-refractivity contribution in [3.8, 4) is 0 Å². The van der Waals surface area contributed by atoms with Gasteiger partial charge in [0.15, 0.2) is 5.82 Å². The molecule has 5 heteroatoms. The van der Waals surface area contributed by atoms with E-state index in [1.165, 1.54) is 0 Å². The normalized spacial score (nSPS) is 15.2. The summed E-state index contributed by atoms with van der Waals surface area (Å²) in [5.41, 5.74) is 1.71. The van der Waals surface area contributed by atoms with Gasteiger partial charge in [-0.3, -0.25) is 4.79 Å². The SMILES string of the molecule is O=C(c1nc2ccc(Br)cc2[nH]1)N1CCC1. The number of H-pyrrole nitrogens is 1. The molecule has 16 heavy (non-hydrogen) atoms. The Labute approximate surface area is 101 Å². The van der Waals surface area contributed by atoms with E-state index < -0.39 is 0 Å². The molecule has 0 bridgehead atoms. The van der Waals surface area contributed by atoms with Crippen LogP contribution in [0.4, 0.5) is 0 Å². The summed E-state index contributed by atoms with van der Waals surface area (Å²) < 4.78 is 0.978. The number of aromatic nitrogens is 2. The lowest BCUT2D eigenvalue weighted by Crippen LogP contribution is -2.42. The zero-order valence-electron chi connectivity index (χ0n) is 8.53. The van der Waals surface area contributed by atoms with Gasteiger partial charge in [0.25, 0.3) is 5.91 Å². The van der Waals surface area contributed by atoms with Gasteiger partial charge >= 0.3 is 0 Å². The Morgan fingerprint density at radius 2 is 2.25 bits per heavy atom. The van der Waals surface area contributed by atoms with Gasteiger partial charge in [0, 0.05) is 17.6 Å². The third-order valence-corrected chi connectivity index (χ3v) is 3.28.